The minimum atomic E-state index is -4.52. The quantitative estimate of drug-likeness (QED) is 0.0855. The van der Waals surface area contributed by atoms with Gasteiger partial charge in [0, 0.05) is 27.6 Å². The number of benzene rings is 6. The highest BCUT2D eigenvalue weighted by Gasteiger charge is 2.28. The highest BCUT2D eigenvalue weighted by molar-refractivity contribution is 7.87. The maximum Gasteiger partial charge on any atom is 0.297 e. The third kappa shape index (κ3) is 10.0. The summed E-state index contributed by atoms with van der Waals surface area (Å²) in [5.74, 6) is -1.66. The molecule has 10 nitrogen and oxygen atoms in total. The Balaban J connectivity index is 1.38. The lowest BCUT2D eigenvalue weighted by Crippen LogP contribution is -2.20. The number of carbonyl (C=O) groups excluding carboxylic acids is 1. The zero-order valence-electron chi connectivity index (χ0n) is 34.0. The Bertz CT molecular complexity index is 3010. The van der Waals surface area contributed by atoms with Crippen molar-refractivity contribution in [1.82, 2.24) is 0 Å². The molecule has 61 heavy (non-hydrogen) atoms. The zero-order valence-corrected chi connectivity index (χ0v) is 35.7. The van der Waals surface area contributed by atoms with Gasteiger partial charge in [-0.3, -0.25) is 13.2 Å². The molecule has 0 unspecified atom stereocenters. The Morgan fingerprint density at radius 2 is 1.18 bits per heavy atom. The summed E-state index contributed by atoms with van der Waals surface area (Å²) in [4.78, 5) is 13.5. The van der Waals surface area contributed by atoms with Gasteiger partial charge in [0.05, 0.1) is 29.2 Å². The SMILES string of the molecule is CC(C)(C)COS(=O)(=O)c1cc(S(=O)(=O)OCC(C)(C)C)c2cc(Oc3ccc(C(=O)c4cc(-c5cccc(F)c5C#N)ccc4-c4cccc(F)c4C#N)cc3)ccc2c1. The number of ketones is 1. The highest BCUT2D eigenvalue weighted by atomic mass is 32.2. The summed E-state index contributed by atoms with van der Waals surface area (Å²) in [5.41, 5.74) is -0.415. The van der Waals surface area contributed by atoms with Gasteiger partial charge in [-0.1, -0.05) is 84.0 Å². The molecule has 6 rings (SSSR count). The van der Waals surface area contributed by atoms with Crippen LogP contribution in [0.15, 0.2) is 119 Å². The van der Waals surface area contributed by atoms with E-state index in [0.717, 1.165) is 18.2 Å². The minimum absolute atomic E-state index is 0.0450. The van der Waals surface area contributed by atoms with E-state index in [-0.39, 0.29) is 79.3 Å². The largest absolute Gasteiger partial charge is 0.457 e. The Kier molecular flexibility index (Phi) is 12.3. The average molecular weight is 863 g/mol. The van der Waals surface area contributed by atoms with E-state index in [4.69, 9.17) is 13.1 Å². The molecule has 0 heterocycles. The third-order valence-corrected chi connectivity index (χ3v) is 11.7. The number of halogens is 2. The monoisotopic (exact) mass is 862 g/mol. The predicted octanol–water partition coefficient (Wildman–Crippen LogP) is 10.7. The average Bonchev–Trinajstić information content (AvgIpc) is 3.21. The summed E-state index contributed by atoms with van der Waals surface area (Å²) >= 11 is 0. The molecule has 6 aromatic rings. The highest BCUT2D eigenvalue weighted by Crippen LogP contribution is 2.37. The molecule has 0 fully saturated rings. The number of hydrogen-bond donors (Lipinski definition) is 0. The second kappa shape index (κ2) is 17.0. The van der Waals surface area contributed by atoms with Crippen molar-refractivity contribution < 1.29 is 43.5 Å². The second-order valence-electron chi connectivity index (χ2n) is 16.6. The van der Waals surface area contributed by atoms with Crippen molar-refractivity contribution in [3.05, 3.63) is 143 Å². The van der Waals surface area contributed by atoms with Gasteiger partial charge in [-0.05, 0) is 94.1 Å². The molecule has 0 radical (unpaired) electrons. The van der Waals surface area contributed by atoms with Crippen LogP contribution in [0.1, 0.15) is 68.6 Å². The normalized spacial score (nSPS) is 12.2. The number of carbonyl (C=O) groups is 1. The number of rotatable bonds is 12. The summed E-state index contributed by atoms with van der Waals surface area (Å²) in [6.07, 6.45) is 0. The van der Waals surface area contributed by atoms with E-state index in [9.17, 15) is 40.9 Å². The number of fused-ring (bicyclic) bond motifs is 1. The molecular formula is C47H40F2N2O8S2. The molecule has 0 amide bonds. The Morgan fingerprint density at radius 3 is 1.77 bits per heavy atom. The van der Waals surface area contributed by atoms with E-state index in [0.29, 0.717) is 5.56 Å². The Morgan fingerprint density at radius 1 is 0.623 bits per heavy atom. The first kappa shape index (κ1) is 44.3. The lowest BCUT2D eigenvalue weighted by Gasteiger charge is -2.20. The lowest BCUT2D eigenvalue weighted by atomic mass is 9.88. The van der Waals surface area contributed by atoms with Crippen LogP contribution in [-0.4, -0.2) is 35.8 Å². The van der Waals surface area contributed by atoms with Crippen LogP contribution in [0, 0.1) is 45.1 Å². The molecule has 14 heteroatoms. The van der Waals surface area contributed by atoms with Crippen LogP contribution < -0.4 is 4.74 Å². The first-order valence-corrected chi connectivity index (χ1v) is 21.6. The fraction of sp³-hybridized carbons (Fsp3) is 0.213. The minimum Gasteiger partial charge on any atom is -0.457 e. The standard InChI is InChI=1S/C47H40F2N2O8S2/c1-46(2,3)27-57-60(53,54)34-21-30-15-19-33(23-38(30)44(24-34)61(55,56)58-28-47(4,5)6)59-32-17-13-29(14-18-32)45(52)39-22-31(35-9-7-11-42(48)40(35)25-50)16-20-37(39)36-10-8-12-43(49)41(36)26-51/h7-24H,27-28H2,1-6H3. The van der Waals surface area contributed by atoms with Gasteiger partial charge in [0.2, 0.25) is 0 Å². The van der Waals surface area contributed by atoms with Crippen LogP contribution in [-0.2, 0) is 28.6 Å². The molecule has 0 N–H and O–H groups in total. The van der Waals surface area contributed by atoms with Crippen LogP contribution in [0.5, 0.6) is 11.5 Å². The van der Waals surface area contributed by atoms with Crippen LogP contribution in [0.25, 0.3) is 33.0 Å². The van der Waals surface area contributed by atoms with Crippen LogP contribution in [0.4, 0.5) is 8.78 Å². The van der Waals surface area contributed by atoms with Gasteiger partial charge in [0.25, 0.3) is 20.2 Å². The van der Waals surface area contributed by atoms with Crippen molar-refractivity contribution in [3.63, 3.8) is 0 Å². The van der Waals surface area contributed by atoms with E-state index in [1.807, 2.05) is 12.1 Å². The number of ether oxygens (including phenoxy) is 1. The number of nitrogens with zero attached hydrogens (tertiary/aromatic N) is 2. The van der Waals surface area contributed by atoms with Gasteiger partial charge in [0.1, 0.15) is 40.2 Å². The molecule has 0 aromatic heterocycles. The van der Waals surface area contributed by atoms with Crippen LogP contribution >= 0.6 is 0 Å². The summed E-state index contributed by atoms with van der Waals surface area (Å²) in [5, 5.41) is 19.9. The number of hydrogen-bond acceptors (Lipinski definition) is 10. The molecule has 0 aliphatic heterocycles. The van der Waals surface area contributed by atoms with Crippen LogP contribution in [0.2, 0.25) is 0 Å². The third-order valence-electron chi connectivity index (χ3n) is 9.18. The van der Waals surface area contributed by atoms with Gasteiger partial charge in [-0.15, -0.1) is 0 Å². The first-order valence-electron chi connectivity index (χ1n) is 18.8. The van der Waals surface area contributed by atoms with Crippen LogP contribution in [0.3, 0.4) is 0 Å². The van der Waals surface area contributed by atoms with E-state index < -0.39 is 53.4 Å². The zero-order chi connectivity index (χ0) is 44.5. The molecule has 0 atom stereocenters. The fourth-order valence-corrected chi connectivity index (χ4v) is 8.78. The summed E-state index contributed by atoms with van der Waals surface area (Å²) in [6, 6.07) is 29.1. The maximum atomic E-state index is 14.8. The topological polar surface area (TPSA) is 161 Å². The van der Waals surface area contributed by atoms with Crippen molar-refractivity contribution in [2.24, 2.45) is 10.8 Å². The van der Waals surface area contributed by atoms with E-state index in [1.54, 1.807) is 47.6 Å². The molecule has 0 saturated carbocycles. The Labute approximate surface area is 353 Å². The van der Waals surface area contributed by atoms with Gasteiger partial charge >= 0.3 is 0 Å². The smallest absolute Gasteiger partial charge is 0.297 e. The van der Waals surface area contributed by atoms with Crippen molar-refractivity contribution in [2.75, 3.05) is 13.2 Å². The number of nitriles is 2. The van der Waals surface area contributed by atoms with E-state index in [1.165, 1.54) is 84.9 Å². The summed E-state index contributed by atoms with van der Waals surface area (Å²) in [6.45, 7) is 10.4. The molecule has 0 aliphatic carbocycles. The second-order valence-corrected chi connectivity index (χ2v) is 19.8. The summed E-state index contributed by atoms with van der Waals surface area (Å²) in [7, 11) is -8.91. The fourth-order valence-electron chi connectivity index (χ4n) is 6.17. The van der Waals surface area contributed by atoms with Gasteiger partial charge in [-0.25, -0.2) is 8.78 Å². The van der Waals surface area contributed by atoms with Crippen molar-refractivity contribution in [3.8, 4) is 45.9 Å². The molecule has 0 saturated heterocycles. The maximum absolute atomic E-state index is 14.8. The van der Waals surface area contributed by atoms with Crippen molar-refractivity contribution >= 4 is 36.8 Å². The van der Waals surface area contributed by atoms with E-state index >= 15 is 0 Å². The molecular weight excluding hydrogens is 823 g/mol. The van der Waals surface area contributed by atoms with Gasteiger partial charge < -0.3 is 4.74 Å². The first-order chi connectivity index (χ1) is 28.6. The molecule has 312 valence electrons. The molecule has 0 bridgehead atoms. The van der Waals surface area contributed by atoms with Crippen molar-refractivity contribution in [1.29, 1.82) is 10.5 Å². The predicted molar refractivity (Wildman–Crippen MR) is 226 cm³/mol. The molecule has 0 spiro atoms. The Hall–Kier alpha value is -6.29. The van der Waals surface area contributed by atoms with Gasteiger partial charge in [-0.2, -0.15) is 27.4 Å². The molecule has 0 aliphatic rings. The lowest BCUT2D eigenvalue weighted by molar-refractivity contribution is 0.103. The molecule has 6 aromatic carbocycles. The summed E-state index contributed by atoms with van der Waals surface area (Å²) < 4.78 is 100. The van der Waals surface area contributed by atoms with Crippen molar-refractivity contribution in [2.45, 2.75) is 51.3 Å². The van der Waals surface area contributed by atoms with E-state index in [2.05, 4.69) is 0 Å². The van der Waals surface area contributed by atoms with Gasteiger partial charge in [0.15, 0.2) is 5.78 Å².